The Morgan fingerprint density at radius 1 is 0.958 bits per heavy atom. The highest BCUT2D eigenvalue weighted by atomic mass is 35.5. The van der Waals surface area contributed by atoms with Crippen LogP contribution in [0.4, 0.5) is 5.69 Å². The lowest BCUT2D eigenvalue weighted by Crippen LogP contribution is -2.24. The van der Waals surface area contributed by atoms with Crippen molar-refractivity contribution in [2.75, 3.05) is 5.32 Å². The van der Waals surface area contributed by atoms with Gasteiger partial charge in [-0.25, -0.2) is 0 Å². The average molecular weight is 345 g/mol. The van der Waals surface area contributed by atoms with Gasteiger partial charge in [-0.3, -0.25) is 9.59 Å². The molecule has 2 amide bonds. The van der Waals surface area contributed by atoms with Gasteiger partial charge in [0.25, 0.3) is 0 Å². The molecule has 0 aromatic heterocycles. The molecule has 0 bridgehead atoms. The van der Waals surface area contributed by atoms with E-state index in [-0.39, 0.29) is 24.7 Å². The maximum atomic E-state index is 12.0. The monoisotopic (exact) mass is 344 g/mol. The maximum Gasteiger partial charge on any atom is 0.224 e. The normalized spacial score (nSPS) is 10.3. The summed E-state index contributed by atoms with van der Waals surface area (Å²) in [4.78, 5) is 23.8. The molecule has 0 aliphatic heterocycles. The fourth-order valence-corrected chi connectivity index (χ4v) is 2.34. The lowest BCUT2D eigenvalue weighted by molar-refractivity contribution is -0.124. The van der Waals surface area contributed by atoms with Crippen molar-refractivity contribution in [2.45, 2.75) is 33.2 Å². The first kappa shape index (κ1) is 18.0. The first-order chi connectivity index (χ1) is 11.4. The first-order valence-electron chi connectivity index (χ1n) is 7.82. The molecule has 0 aliphatic carbocycles. The summed E-state index contributed by atoms with van der Waals surface area (Å²) in [6.07, 6.45) is 0.281. The van der Waals surface area contributed by atoms with E-state index in [1.807, 2.05) is 44.2 Å². The Kier molecular flexibility index (Phi) is 6.38. The predicted octanol–water partition coefficient (Wildman–Crippen LogP) is 3.99. The Morgan fingerprint density at radius 2 is 1.62 bits per heavy atom. The van der Waals surface area contributed by atoms with Gasteiger partial charge in [0.15, 0.2) is 0 Å². The smallest absolute Gasteiger partial charge is 0.224 e. The van der Waals surface area contributed by atoms with Crippen LogP contribution in [-0.2, 0) is 16.1 Å². The summed E-state index contributed by atoms with van der Waals surface area (Å²) in [6.45, 7) is 4.37. The van der Waals surface area contributed by atoms with Gasteiger partial charge >= 0.3 is 0 Å². The Bertz CT molecular complexity index is 727. The standard InChI is InChI=1S/C19H21ClN2O2/c1-13-3-6-15(7-4-13)12-21-18(23)9-10-19(24)22-17-11-16(20)8-5-14(17)2/h3-8,11H,9-10,12H2,1-2H3,(H,21,23)(H,22,24). The van der Waals surface area contributed by atoms with Crippen molar-refractivity contribution in [1.29, 1.82) is 0 Å². The molecular weight excluding hydrogens is 324 g/mol. The van der Waals surface area contributed by atoms with Gasteiger partial charge < -0.3 is 10.6 Å². The number of hydrogen-bond donors (Lipinski definition) is 2. The number of carbonyl (C=O) groups is 2. The molecule has 0 heterocycles. The van der Waals surface area contributed by atoms with E-state index >= 15 is 0 Å². The second-order valence-electron chi connectivity index (χ2n) is 5.77. The molecule has 2 rings (SSSR count). The zero-order valence-electron chi connectivity index (χ0n) is 13.9. The summed E-state index contributed by atoms with van der Waals surface area (Å²) in [7, 11) is 0. The molecule has 126 valence electrons. The number of nitrogens with one attached hydrogen (secondary N) is 2. The molecule has 2 aromatic rings. The van der Waals surface area contributed by atoms with Gasteiger partial charge in [-0.1, -0.05) is 47.5 Å². The van der Waals surface area contributed by atoms with Crippen LogP contribution in [0.2, 0.25) is 5.02 Å². The summed E-state index contributed by atoms with van der Waals surface area (Å²) >= 11 is 5.92. The van der Waals surface area contributed by atoms with E-state index in [4.69, 9.17) is 11.6 Å². The fourth-order valence-electron chi connectivity index (χ4n) is 2.16. The SMILES string of the molecule is Cc1ccc(CNC(=O)CCC(=O)Nc2cc(Cl)ccc2C)cc1. The first-order valence-corrected chi connectivity index (χ1v) is 8.20. The van der Waals surface area contributed by atoms with E-state index in [0.717, 1.165) is 11.1 Å². The van der Waals surface area contributed by atoms with Crippen LogP contribution >= 0.6 is 11.6 Å². The van der Waals surface area contributed by atoms with Gasteiger partial charge in [-0.2, -0.15) is 0 Å². The minimum atomic E-state index is -0.203. The Balaban J connectivity index is 1.75. The molecule has 0 unspecified atom stereocenters. The number of benzene rings is 2. The Labute approximate surface area is 147 Å². The molecular formula is C19H21ClN2O2. The number of amides is 2. The third kappa shape index (κ3) is 5.70. The van der Waals surface area contributed by atoms with Crippen molar-refractivity contribution in [3.63, 3.8) is 0 Å². The van der Waals surface area contributed by atoms with Gasteiger partial charge in [0.05, 0.1) is 0 Å². The molecule has 4 nitrogen and oxygen atoms in total. The number of rotatable bonds is 6. The summed E-state index contributed by atoms with van der Waals surface area (Å²) in [5.74, 6) is -0.348. The lowest BCUT2D eigenvalue weighted by Gasteiger charge is -2.09. The molecule has 0 fully saturated rings. The van der Waals surface area contributed by atoms with E-state index in [1.54, 1.807) is 12.1 Å². The molecule has 0 radical (unpaired) electrons. The van der Waals surface area contributed by atoms with E-state index in [0.29, 0.717) is 17.3 Å². The van der Waals surface area contributed by atoms with Crippen LogP contribution in [0, 0.1) is 13.8 Å². The number of anilines is 1. The molecule has 0 atom stereocenters. The van der Waals surface area contributed by atoms with Crippen LogP contribution in [0.5, 0.6) is 0 Å². The molecule has 24 heavy (non-hydrogen) atoms. The highest BCUT2D eigenvalue weighted by molar-refractivity contribution is 6.31. The van der Waals surface area contributed by atoms with Crippen LogP contribution in [0.3, 0.4) is 0 Å². The summed E-state index contributed by atoms with van der Waals surface area (Å²) < 4.78 is 0. The van der Waals surface area contributed by atoms with E-state index in [1.165, 1.54) is 5.56 Å². The van der Waals surface area contributed by atoms with Crippen molar-refractivity contribution in [3.05, 3.63) is 64.2 Å². The molecule has 0 spiro atoms. The van der Waals surface area contributed by atoms with Crippen LogP contribution in [0.15, 0.2) is 42.5 Å². The molecule has 2 aromatic carbocycles. The van der Waals surface area contributed by atoms with Crippen LogP contribution in [-0.4, -0.2) is 11.8 Å². The average Bonchev–Trinajstić information content (AvgIpc) is 2.56. The van der Waals surface area contributed by atoms with Crippen molar-refractivity contribution in [2.24, 2.45) is 0 Å². The van der Waals surface area contributed by atoms with Gasteiger partial charge in [0.2, 0.25) is 11.8 Å². The van der Waals surface area contributed by atoms with Crippen LogP contribution in [0.1, 0.15) is 29.5 Å². The topological polar surface area (TPSA) is 58.2 Å². The van der Waals surface area contributed by atoms with E-state index in [2.05, 4.69) is 10.6 Å². The summed E-state index contributed by atoms with van der Waals surface area (Å²) in [5.41, 5.74) is 3.81. The fraction of sp³-hybridized carbons (Fsp3) is 0.263. The molecule has 0 aliphatic rings. The zero-order chi connectivity index (χ0) is 17.5. The van der Waals surface area contributed by atoms with E-state index < -0.39 is 0 Å². The zero-order valence-corrected chi connectivity index (χ0v) is 14.6. The van der Waals surface area contributed by atoms with Crippen LogP contribution in [0.25, 0.3) is 0 Å². The molecule has 0 saturated carbocycles. The quantitative estimate of drug-likeness (QED) is 0.832. The van der Waals surface area contributed by atoms with Crippen molar-refractivity contribution >= 4 is 29.1 Å². The summed E-state index contributed by atoms with van der Waals surface area (Å²) in [5, 5.41) is 6.16. The van der Waals surface area contributed by atoms with Crippen molar-refractivity contribution < 1.29 is 9.59 Å². The maximum absolute atomic E-state index is 12.0. The lowest BCUT2D eigenvalue weighted by atomic mass is 10.1. The van der Waals surface area contributed by atoms with Crippen molar-refractivity contribution in [3.8, 4) is 0 Å². The third-order valence-corrected chi connectivity index (χ3v) is 3.90. The largest absolute Gasteiger partial charge is 0.352 e. The highest BCUT2D eigenvalue weighted by Gasteiger charge is 2.09. The van der Waals surface area contributed by atoms with Crippen molar-refractivity contribution in [1.82, 2.24) is 5.32 Å². The Morgan fingerprint density at radius 3 is 2.33 bits per heavy atom. The Hall–Kier alpha value is -2.33. The second kappa shape index (κ2) is 8.50. The van der Waals surface area contributed by atoms with Gasteiger partial charge in [0.1, 0.15) is 0 Å². The number of aryl methyl sites for hydroxylation is 2. The minimum absolute atomic E-state index is 0.131. The molecule has 0 saturated heterocycles. The van der Waals surface area contributed by atoms with Gasteiger partial charge in [-0.15, -0.1) is 0 Å². The van der Waals surface area contributed by atoms with Gasteiger partial charge in [-0.05, 0) is 37.1 Å². The predicted molar refractivity (Wildman–Crippen MR) is 97.1 cm³/mol. The highest BCUT2D eigenvalue weighted by Crippen LogP contribution is 2.20. The van der Waals surface area contributed by atoms with Gasteiger partial charge in [0, 0.05) is 30.1 Å². The summed E-state index contributed by atoms with van der Waals surface area (Å²) in [6, 6.07) is 13.3. The minimum Gasteiger partial charge on any atom is -0.352 e. The molecule has 2 N–H and O–H groups in total. The second-order valence-corrected chi connectivity index (χ2v) is 6.21. The number of hydrogen-bond acceptors (Lipinski definition) is 2. The number of halogens is 1. The third-order valence-electron chi connectivity index (χ3n) is 3.66. The number of carbonyl (C=O) groups excluding carboxylic acids is 2. The molecule has 5 heteroatoms. The van der Waals surface area contributed by atoms with E-state index in [9.17, 15) is 9.59 Å². The van der Waals surface area contributed by atoms with Crippen LogP contribution < -0.4 is 10.6 Å².